The number of aliphatic hydroxyl groups is 1. The van der Waals surface area contributed by atoms with E-state index in [4.69, 9.17) is 31.6 Å². The van der Waals surface area contributed by atoms with Crippen LogP contribution in [-0.2, 0) is 36.4 Å². The third-order valence-corrected chi connectivity index (χ3v) is 8.03. The normalized spacial score (nSPS) is 32.6. The summed E-state index contributed by atoms with van der Waals surface area (Å²) >= 11 is 5.06. The number of hydrogen-bond donors (Lipinski definition) is 6. The van der Waals surface area contributed by atoms with Crippen LogP contribution in [0.15, 0.2) is 0 Å². The fourth-order valence-corrected chi connectivity index (χ4v) is 6.02. The maximum Gasteiger partial charge on any atom is 0.490 e. The maximum atomic E-state index is 11.8. The molecule has 2 fully saturated rings. The van der Waals surface area contributed by atoms with Crippen LogP contribution in [0.5, 0.6) is 0 Å². The van der Waals surface area contributed by atoms with Crippen molar-refractivity contribution in [3.63, 3.8) is 0 Å². The van der Waals surface area contributed by atoms with E-state index in [1.165, 1.54) is 4.90 Å². The molecule has 2 aliphatic heterocycles. The zero-order valence-corrected chi connectivity index (χ0v) is 18.1. The van der Waals surface area contributed by atoms with Gasteiger partial charge in [-0.1, -0.05) is 6.92 Å². The summed E-state index contributed by atoms with van der Waals surface area (Å²) in [7, 11) is -16.5. The Kier molecular flexibility index (Phi) is 7.79. The minimum Gasteiger partial charge on any atom is -0.390 e. The van der Waals surface area contributed by atoms with E-state index in [-0.39, 0.29) is 24.0 Å². The Bertz CT molecular complexity index is 804. The van der Waals surface area contributed by atoms with Gasteiger partial charge >= 0.3 is 23.5 Å². The lowest BCUT2D eigenvalue weighted by Crippen LogP contribution is -2.55. The number of nitrogens with zero attached hydrogens (tertiary/aromatic N) is 1. The largest absolute Gasteiger partial charge is 0.490 e. The number of amides is 1. The lowest BCUT2D eigenvalue weighted by Gasteiger charge is -2.35. The first-order valence-corrected chi connectivity index (χ1v) is 12.8. The van der Waals surface area contributed by atoms with Gasteiger partial charge in [0.15, 0.2) is 5.11 Å². The highest BCUT2D eigenvalue weighted by atomic mass is 32.1. The average molecular weight is 500 g/mol. The van der Waals surface area contributed by atoms with Crippen LogP contribution < -0.4 is 5.32 Å². The van der Waals surface area contributed by atoms with Gasteiger partial charge < -0.3 is 39.6 Å². The van der Waals surface area contributed by atoms with E-state index in [0.717, 1.165) is 0 Å². The number of nitrogens with one attached hydrogen (secondary N) is 1. The van der Waals surface area contributed by atoms with E-state index < -0.39 is 54.4 Å². The predicted octanol–water partition coefficient (Wildman–Crippen LogP) is -0.842. The highest BCUT2D eigenvalue weighted by Gasteiger charge is 2.47. The van der Waals surface area contributed by atoms with Crippen molar-refractivity contribution in [2.45, 2.75) is 31.8 Å². The number of thiocarbonyl (C=S) groups is 1. The molecule has 0 aliphatic carbocycles. The van der Waals surface area contributed by atoms with Crippen molar-refractivity contribution in [2.75, 3.05) is 13.2 Å². The molecule has 3 unspecified atom stereocenters. The van der Waals surface area contributed by atoms with Crippen LogP contribution in [0.2, 0.25) is 0 Å². The monoisotopic (exact) mass is 500 g/mol. The molecule has 15 nitrogen and oxygen atoms in total. The summed E-state index contributed by atoms with van der Waals surface area (Å²) in [4.78, 5) is 48.4. The fourth-order valence-electron chi connectivity index (χ4n) is 2.68. The van der Waals surface area contributed by atoms with Crippen LogP contribution in [0.4, 0.5) is 0 Å². The van der Waals surface area contributed by atoms with E-state index in [1.807, 2.05) is 0 Å². The topological polar surface area (TPSA) is 222 Å². The lowest BCUT2D eigenvalue weighted by molar-refractivity contribution is -0.122. The summed E-state index contributed by atoms with van der Waals surface area (Å²) in [6, 6.07) is 0. The fraction of sp³-hybridized carbons (Fsp3) is 0.800. The van der Waals surface area contributed by atoms with E-state index in [1.54, 1.807) is 6.92 Å². The second-order valence-electron chi connectivity index (χ2n) is 6.10. The van der Waals surface area contributed by atoms with E-state index in [2.05, 4.69) is 18.5 Å². The summed E-state index contributed by atoms with van der Waals surface area (Å²) in [6.45, 7) is 1.02. The van der Waals surface area contributed by atoms with Gasteiger partial charge in [-0.3, -0.25) is 9.32 Å². The van der Waals surface area contributed by atoms with Crippen LogP contribution in [0, 0.1) is 5.92 Å². The SMILES string of the molecule is C[C@H]1C(O)[C@@H](COP(=O)(O)OP(=O)(O)OP(=O)(O)O)O[C@H]1N1CCC(=O)NC1=S. The number of hydrogen-bond acceptors (Lipinski definition) is 10. The van der Waals surface area contributed by atoms with Crippen LogP contribution in [0.25, 0.3) is 0 Å². The molecule has 6 N–H and O–H groups in total. The second-order valence-corrected chi connectivity index (χ2v) is 10.9. The van der Waals surface area contributed by atoms with Gasteiger partial charge in [0, 0.05) is 18.9 Å². The third-order valence-electron chi connectivity index (χ3n) is 3.90. The molecule has 0 spiro atoms. The molecule has 2 heterocycles. The number of ether oxygens (including phenoxy) is 1. The van der Waals surface area contributed by atoms with Crippen LogP contribution in [-0.4, -0.2) is 72.2 Å². The molecule has 29 heavy (non-hydrogen) atoms. The minimum absolute atomic E-state index is 0.0823. The lowest BCUT2D eigenvalue weighted by atomic mass is 10.0. The molecule has 0 aromatic heterocycles. The van der Waals surface area contributed by atoms with Crippen molar-refractivity contribution in [1.29, 1.82) is 0 Å². The minimum atomic E-state index is -5.64. The van der Waals surface area contributed by atoms with Crippen molar-refractivity contribution in [2.24, 2.45) is 5.92 Å². The van der Waals surface area contributed by atoms with Crippen molar-refractivity contribution >= 4 is 46.7 Å². The van der Waals surface area contributed by atoms with E-state index in [9.17, 15) is 28.5 Å². The molecule has 2 rings (SSSR count). The van der Waals surface area contributed by atoms with Gasteiger partial charge in [0.05, 0.1) is 12.7 Å². The van der Waals surface area contributed by atoms with Gasteiger partial charge in [-0.25, -0.2) is 13.7 Å². The molecule has 0 aromatic carbocycles. The summed E-state index contributed by atoms with van der Waals surface area (Å²) in [5.74, 6) is -0.848. The number of carbonyl (C=O) groups excluding carboxylic acids is 1. The second kappa shape index (κ2) is 9.05. The van der Waals surface area contributed by atoms with E-state index in [0.29, 0.717) is 0 Å². The zero-order valence-electron chi connectivity index (χ0n) is 14.6. The van der Waals surface area contributed by atoms with Crippen LogP contribution >= 0.6 is 35.7 Å². The van der Waals surface area contributed by atoms with Crippen molar-refractivity contribution in [3.05, 3.63) is 0 Å². The highest BCUT2D eigenvalue weighted by molar-refractivity contribution is 7.80. The van der Waals surface area contributed by atoms with Gasteiger partial charge in [-0.15, -0.1) is 0 Å². The summed E-state index contributed by atoms with van der Waals surface area (Å²) in [5.41, 5.74) is 0. The molecular formula is C10H19N2O13P3S. The van der Waals surface area contributed by atoms with Gasteiger partial charge in [0.2, 0.25) is 5.91 Å². The molecule has 0 bridgehead atoms. The molecule has 168 valence electrons. The van der Waals surface area contributed by atoms with E-state index >= 15 is 0 Å². The molecular weight excluding hydrogens is 481 g/mol. The first-order chi connectivity index (χ1) is 13.1. The first kappa shape index (κ1) is 25.0. The smallest absolute Gasteiger partial charge is 0.390 e. The Balaban J connectivity index is 1.97. The van der Waals surface area contributed by atoms with Crippen molar-refractivity contribution in [3.8, 4) is 0 Å². The van der Waals surface area contributed by atoms with Gasteiger partial charge in [0.25, 0.3) is 0 Å². The Morgan fingerprint density at radius 1 is 1.21 bits per heavy atom. The average Bonchev–Trinajstić information content (AvgIpc) is 2.78. The molecule has 19 heteroatoms. The first-order valence-electron chi connectivity index (χ1n) is 7.82. The Hall–Kier alpha value is -0.310. The van der Waals surface area contributed by atoms with Gasteiger partial charge in [0.1, 0.15) is 12.3 Å². The van der Waals surface area contributed by atoms with Gasteiger partial charge in [-0.2, -0.15) is 8.62 Å². The number of carbonyl (C=O) groups is 1. The molecule has 2 saturated heterocycles. The quantitative estimate of drug-likeness (QED) is 0.177. The maximum absolute atomic E-state index is 11.8. The molecule has 0 saturated carbocycles. The summed E-state index contributed by atoms with van der Waals surface area (Å²) in [5, 5.41) is 12.8. The number of phosphoric ester groups is 1. The highest BCUT2D eigenvalue weighted by Crippen LogP contribution is 2.66. The number of phosphoric acid groups is 3. The molecule has 2 aliphatic rings. The van der Waals surface area contributed by atoms with Gasteiger partial charge in [-0.05, 0) is 12.2 Å². The zero-order chi connectivity index (χ0) is 22.2. The third kappa shape index (κ3) is 7.11. The van der Waals surface area contributed by atoms with Crippen molar-refractivity contribution in [1.82, 2.24) is 10.2 Å². The van der Waals surface area contributed by atoms with Crippen molar-refractivity contribution < 1.29 is 61.1 Å². The molecule has 0 aromatic rings. The Labute approximate surface area is 169 Å². The molecule has 0 radical (unpaired) electrons. The number of aliphatic hydroxyl groups excluding tert-OH is 1. The molecule has 1 amide bonds. The van der Waals surface area contributed by atoms with Crippen LogP contribution in [0.3, 0.4) is 0 Å². The summed E-state index contributed by atoms with van der Waals surface area (Å²) < 4.78 is 50.9. The van der Waals surface area contributed by atoms with Crippen LogP contribution in [0.1, 0.15) is 13.3 Å². The predicted molar refractivity (Wildman–Crippen MR) is 95.7 cm³/mol. The Morgan fingerprint density at radius 2 is 1.83 bits per heavy atom. The standard InChI is InChI=1S/C10H19N2O13P3S/c1-5-8(14)6(23-9(5)12-3-2-7(13)11-10(12)29)4-22-27(18,19)25-28(20,21)24-26(15,16)17/h5-6,8-9,14H,2-4H2,1H3,(H,18,19)(H,20,21)(H,11,13,29)(H2,15,16,17)/t5-,6+,8?,9+/m0/s1. The summed E-state index contributed by atoms with van der Waals surface area (Å²) in [6.07, 6.45) is -3.07. The number of rotatable bonds is 8. The Morgan fingerprint density at radius 3 is 2.38 bits per heavy atom. The molecule has 6 atom stereocenters.